The molecule has 0 aromatic heterocycles. The Labute approximate surface area is 199 Å². The summed E-state index contributed by atoms with van der Waals surface area (Å²) in [7, 11) is 0. The van der Waals surface area contributed by atoms with Crippen molar-refractivity contribution in [3.63, 3.8) is 0 Å². The minimum atomic E-state index is -0.126. The maximum atomic E-state index is 13.0. The molecule has 1 aromatic rings. The predicted molar refractivity (Wildman–Crippen MR) is 136 cm³/mol. The van der Waals surface area contributed by atoms with Gasteiger partial charge in [-0.05, 0) is 68.1 Å². The Morgan fingerprint density at radius 1 is 0.788 bits per heavy atom. The third-order valence-corrected chi connectivity index (χ3v) is 7.18. The lowest BCUT2D eigenvalue weighted by molar-refractivity contribution is -0.121. The fourth-order valence-corrected chi connectivity index (χ4v) is 4.21. The lowest BCUT2D eigenvalue weighted by Gasteiger charge is -2.36. The van der Waals surface area contributed by atoms with Gasteiger partial charge in [-0.25, -0.2) is 0 Å². The Balaban J connectivity index is 2.17. The van der Waals surface area contributed by atoms with E-state index in [4.69, 9.17) is 0 Å². The van der Waals surface area contributed by atoms with Crippen molar-refractivity contribution in [2.45, 2.75) is 87.0 Å². The van der Waals surface area contributed by atoms with Gasteiger partial charge in [0.05, 0.1) is 0 Å². The van der Waals surface area contributed by atoms with Crippen molar-refractivity contribution in [1.82, 2.24) is 0 Å². The molecule has 1 saturated carbocycles. The number of nitrogens with one attached hydrogen (secondary N) is 3. The first-order valence-electron chi connectivity index (χ1n) is 12.5. The van der Waals surface area contributed by atoms with Crippen LogP contribution in [0.5, 0.6) is 0 Å². The SMILES string of the molecule is CCC(C)C(=O)Nc1cc(NC(=O)C(C)CC)cc(NC(=O)[C@H]2CC[C@H](C(C)(C)C)CC2)c1. The summed E-state index contributed by atoms with van der Waals surface area (Å²) in [4.78, 5) is 37.9. The summed E-state index contributed by atoms with van der Waals surface area (Å²) in [6.07, 6.45) is 5.35. The average molecular weight is 458 g/mol. The van der Waals surface area contributed by atoms with Gasteiger partial charge >= 0.3 is 0 Å². The van der Waals surface area contributed by atoms with Gasteiger partial charge in [-0.1, -0.05) is 48.5 Å². The molecular formula is C27H43N3O3. The maximum absolute atomic E-state index is 13.0. The van der Waals surface area contributed by atoms with Crippen LogP contribution in [0.4, 0.5) is 17.1 Å². The summed E-state index contributed by atoms with van der Waals surface area (Å²) >= 11 is 0. The third kappa shape index (κ3) is 7.86. The first kappa shape index (κ1) is 26.9. The standard InChI is InChI=1S/C27H43N3O3/c1-8-17(3)24(31)28-21-14-22(29-25(32)18(4)9-2)16-23(15-21)30-26(33)19-10-12-20(13-11-19)27(5,6)7/h14-20H,8-13H2,1-7H3,(H,28,31)(H,29,32)(H,30,33)/t17?,18?,19-,20-. The number of rotatable bonds is 8. The zero-order valence-corrected chi connectivity index (χ0v) is 21.5. The predicted octanol–water partition coefficient (Wildman–Crippen LogP) is 6.45. The molecule has 3 N–H and O–H groups in total. The maximum Gasteiger partial charge on any atom is 0.227 e. The van der Waals surface area contributed by atoms with Crippen LogP contribution in [-0.2, 0) is 14.4 Å². The molecule has 0 saturated heterocycles. The van der Waals surface area contributed by atoms with Crippen LogP contribution in [0, 0.1) is 29.1 Å². The summed E-state index contributed by atoms with van der Waals surface area (Å²) in [6.45, 7) is 14.5. The molecule has 1 aromatic carbocycles. The average Bonchev–Trinajstić information content (AvgIpc) is 2.77. The Bertz CT molecular complexity index is 793. The molecule has 0 spiro atoms. The molecule has 1 aliphatic carbocycles. The highest BCUT2D eigenvalue weighted by atomic mass is 16.2. The van der Waals surface area contributed by atoms with Gasteiger partial charge in [0.25, 0.3) is 0 Å². The highest BCUT2D eigenvalue weighted by Crippen LogP contribution is 2.40. The second-order valence-corrected chi connectivity index (χ2v) is 10.8. The quantitative estimate of drug-likeness (QED) is 0.419. The molecule has 2 rings (SSSR count). The number of hydrogen-bond acceptors (Lipinski definition) is 3. The van der Waals surface area contributed by atoms with Crippen molar-refractivity contribution in [1.29, 1.82) is 0 Å². The minimum Gasteiger partial charge on any atom is -0.326 e. The van der Waals surface area contributed by atoms with Crippen molar-refractivity contribution in [3.8, 4) is 0 Å². The lowest BCUT2D eigenvalue weighted by atomic mass is 9.69. The van der Waals surface area contributed by atoms with E-state index < -0.39 is 0 Å². The number of benzene rings is 1. The van der Waals surface area contributed by atoms with Crippen molar-refractivity contribution in [2.24, 2.45) is 29.1 Å². The van der Waals surface area contributed by atoms with Gasteiger partial charge < -0.3 is 16.0 Å². The zero-order chi connectivity index (χ0) is 24.8. The van der Waals surface area contributed by atoms with Gasteiger partial charge in [-0.15, -0.1) is 0 Å². The van der Waals surface area contributed by atoms with Gasteiger partial charge in [0.15, 0.2) is 0 Å². The van der Waals surface area contributed by atoms with Crippen molar-refractivity contribution < 1.29 is 14.4 Å². The van der Waals surface area contributed by atoms with Crippen LogP contribution in [0.3, 0.4) is 0 Å². The second-order valence-electron chi connectivity index (χ2n) is 10.8. The summed E-state index contributed by atoms with van der Waals surface area (Å²) in [5.74, 6) is 0.218. The number of hydrogen-bond donors (Lipinski definition) is 3. The molecule has 33 heavy (non-hydrogen) atoms. The van der Waals surface area contributed by atoms with Crippen LogP contribution in [0.15, 0.2) is 18.2 Å². The Hall–Kier alpha value is -2.37. The fraction of sp³-hybridized carbons (Fsp3) is 0.667. The molecule has 6 nitrogen and oxygen atoms in total. The number of carbonyl (C=O) groups is 3. The summed E-state index contributed by atoms with van der Waals surface area (Å²) < 4.78 is 0. The molecule has 1 fully saturated rings. The Kier molecular flexibility index (Phi) is 9.50. The highest BCUT2D eigenvalue weighted by molar-refractivity contribution is 5.99. The van der Waals surface area contributed by atoms with E-state index >= 15 is 0 Å². The van der Waals surface area contributed by atoms with Gasteiger partial charge in [0.1, 0.15) is 0 Å². The lowest BCUT2D eigenvalue weighted by Crippen LogP contribution is -2.31. The molecule has 0 heterocycles. The molecule has 0 radical (unpaired) electrons. The van der Waals surface area contributed by atoms with E-state index in [2.05, 4.69) is 36.7 Å². The molecular weight excluding hydrogens is 414 g/mol. The van der Waals surface area contributed by atoms with Crippen LogP contribution in [0.25, 0.3) is 0 Å². The molecule has 0 bridgehead atoms. The number of anilines is 3. The molecule has 2 unspecified atom stereocenters. The summed E-state index contributed by atoms with van der Waals surface area (Å²) in [5, 5.41) is 8.88. The van der Waals surface area contributed by atoms with Gasteiger partial charge in [-0.3, -0.25) is 14.4 Å². The zero-order valence-electron chi connectivity index (χ0n) is 21.5. The van der Waals surface area contributed by atoms with E-state index in [9.17, 15) is 14.4 Å². The first-order valence-corrected chi connectivity index (χ1v) is 12.5. The highest BCUT2D eigenvalue weighted by Gasteiger charge is 2.32. The Morgan fingerprint density at radius 3 is 1.55 bits per heavy atom. The molecule has 3 amide bonds. The van der Waals surface area contributed by atoms with E-state index in [1.165, 1.54) is 0 Å². The molecule has 1 aliphatic rings. The van der Waals surface area contributed by atoms with E-state index in [1.54, 1.807) is 18.2 Å². The van der Waals surface area contributed by atoms with Crippen LogP contribution in [-0.4, -0.2) is 17.7 Å². The smallest absolute Gasteiger partial charge is 0.227 e. The van der Waals surface area contributed by atoms with Crippen LogP contribution < -0.4 is 16.0 Å². The van der Waals surface area contributed by atoms with Crippen molar-refractivity contribution >= 4 is 34.8 Å². The third-order valence-electron chi connectivity index (χ3n) is 7.18. The van der Waals surface area contributed by atoms with Crippen LogP contribution >= 0.6 is 0 Å². The van der Waals surface area contributed by atoms with Gasteiger partial charge in [0.2, 0.25) is 17.7 Å². The normalized spacial score (nSPS) is 20.5. The molecule has 184 valence electrons. The van der Waals surface area contributed by atoms with E-state index in [0.29, 0.717) is 23.0 Å². The fourth-order valence-electron chi connectivity index (χ4n) is 4.21. The van der Waals surface area contributed by atoms with E-state index in [-0.39, 0.29) is 40.9 Å². The van der Waals surface area contributed by atoms with Gasteiger partial charge in [0, 0.05) is 34.8 Å². The monoisotopic (exact) mass is 457 g/mol. The molecule has 0 aliphatic heterocycles. The van der Waals surface area contributed by atoms with Crippen molar-refractivity contribution in [2.75, 3.05) is 16.0 Å². The summed E-state index contributed by atoms with van der Waals surface area (Å²) in [5.41, 5.74) is 1.98. The van der Waals surface area contributed by atoms with Crippen molar-refractivity contribution in [3.05, 3.63) is 18.2 Å². The van der Waals surface area contributed by atoms with E-state index in [1.807, 2.05) is 27.7 Å². The number of amides is 3. The second kappa shape index (κ2) is 11.7. The molecule has 6 heteroatoms. The Morgan fingerprint density at radius 2 is 1.18 bits per heavy atom. The number of carbonyl (C=O) groups excluding carboxylic acids is 3. The van der Waals surface area contributed by atoms with Crippen LogP contribution in [0.1, 0.15) is 87.0 Å². The summed E-state index contributed by atoms with van der Waals surface area (Å²) in [6, 6.07) is 5.26. The topological polar surface area (TPSA) is 87.3 Å². The minimum absolute atomic E-state index is 0.00645. The van der Waals surface area contributed by atoms with Crippen LogP contribution in [0.2, 0.25) is 0 Å². The van der Waals surface area contributed by atoms with Gasteiger partial charge in [-0.2, -0.15) is 0 Å². The largest absolute Gasteiger partial charge is 0.326 e. The first-order chi connectivity index (χ1) is 15.4. The molecule has 2 atom stereocenters. The van der Waals surface area contributed by atoms with E-state index in [0.717, 1.165) is 38.5 Å².